The Hall–Kier alpha value is -1.74. The molecule has 0 bridgehead atoms. The van der Waals surface area contributed by atoms with Crippen molar-refractivity contribution in [3.63, 3.8) is 0 Å². The van der Waals surface area contributed by atoms with E-state index in [4.69, 9.17) is 0 Å². The number of nitrogens with one attached hydrogen (secondary N) is 2. The van der Waals surface area contributed by atoms with Crippen molar-refractivity contribution in [2.75, 3.05) is 17.1 Å². The molecule has 9 heteroatoms. The zero-order valence-corrected chi connectivity index (χ0v) is 13.1. The lowest BCUT2D eigenvalue weighted by atomic mass is 10.3. The monoisotopic (exact) mass is 377 g/mol. The Morgan fingerprint density at radius 2 is 1.86 bits per heavy atom. The van der Waals surface area contributed by atoms with Crippen molar-refractivity contribution in [1.29, 1.82) is 0 Å². The molecule has 0 aliphatic carbocycles. The smallest absolute Gasteiger partial charge is 0.265 e. The van der Waals surface area contributed by atoms with Gasteiger partial charge in [0.05, 0.1) is 0 Å². The molecule has 2 rings (SSSR count). The average Bonchev–Trinajstić information content (AvgIpc) is 2.43. The molecular weight excluding hydrogens is 368 g/mol. The minimum absolute atomic E-state index is 0.0722. The van der Waals surface area contributed by atoms with Crippen LogP contribution in [0.4, 0.5) is 20.3 Å². The van der Waals surface area contributed by atoms with Crippen LogP contribution in [0.1, 0.15) is 0 Å². The van der Waals surface area contributed by atoms with Crippen LogP contribution >= 0.6 is 15.9 Å². The number of hydrogen-bond acceptors (Lipinski definition) is 4. The molecule has 112 valence electrons. The second-order valence-corrected chi connectivity index (χ2v) is 6.52. The summed E-state index contributed by atoms with van der Waals surface area (Å²) in [6.07, 6.45) is 1.39. The molecule has 1 aromatic carbocycles. The van der Waals surface area contributed by atoms with E-state index < -0.39 is 27.3 Å². The quantitative estimate of drug-likeness (QED) is 0.858. The highest BCUT2D eigenvalue weighted by atomic mass is 79.9. The Labute approximate surface area is 128 Å². The first-order valence-electron chi connectivity index (χ1n) is 5.65. The molecular formula is C12H10BrF2N3O2S. The minimum atomic E-state index is -4.18. The summed E-state index contributed by atoms with van der Waals surface area (Å²) < 4.78 is 54.0. The lowest BCUT2D eigenvalue weighted by Crippen LogP contribution is -2.17. The molecule has 1 aromatic heterocycles. The molecule has 1 heterocycles. The maximum Gasteiger partial charge on any atom is 0.265 e. The molecule has 0 spiro atoms. The second kappa shape index (κ2) is 5.94. The van der Waals surface area contributed by atoms with Crippen LogP contribution in [0.2, 0.25) is 0 Å². The second-order valence-electron chi connectivity index (χ2n) is 3.95. The van der Waals surface area contributed by atoms with Gasteiger partial charge in [-0.25, -0.2) is 22.2 Å². The molecule has 0 aliphatic heterocycles. The van der Waals surface area contributed by atoms with Crippen LogP contribution in [-0.4, -0.2) is 20.4 Å². The molecule has 0 radical (unpaired) electrons. The van der Waals surface area contributed by atoms with Gasteiger partial charge in [0.15, 0.2) is 11.6 Å². The lowest BCUT2D eigenvalue weighted by molar-refractivity contribution is 0.582. The van der Waals surface area contributed by atoms with Crippen LogP contribution in [0.3, 0.4) is 0 Å². The van der Waals surface area contributed by atoms with Gasteiger partial charge in [0, 0.05) is 17.7 Å². The number of hydrogen-bond donors (Lipinski definition) is 2. The van der Waals surface area contributed by atoms with E-state index in [1.54, 1.807) is 0 Å². The number of nitrogens with zero attached hydrogens (tertiary/aromatic N) is 1. The third-order valence-electron chi connectivity index (χ3n) is 2.54. The van der Waals surface area contributed by atoms with Crippen molar-refractivity contribution < 1.29 is 17.2 Å². The third kappa shape index (κ3) is 3.30. The van der Waals surface area contributed by atoms with Crippen LogP contribution in [-0.2, 0) is 10.0 Å². The van der Waals surface area contributed by atoms with Gasteiger partial charge in [0.25, 0.3) is 10.0 Å². The predicted octanol–water partition coefficient (Wildman–Crippen LogP) is 2.96. The van der Waals surface area contributed by atoms with Gasteiger partial charge in [0.2, 0.25) is 0 Å². The Balaban J connectivity index is 2.48. The standard InChI is InChI=1S/C12H10BrF2N3O2S/c1-16-12-10(3-2-4-17-12)21(19,20)18-11-8(14)5-7(13)6-9(11)15/h2-6,18H,1H3,(H,16,17). The molecule has 0 atom stereocenters. The van der Waals surface area contributed by atoms with E-state index in [1.165, 1.54) is 25.4 Å². The molecule has 5 nitrogen and oxygen atoms in total. The zero-order valence-electron chi connectivity index (χ0n) is 10.7. The molecule has 0 unspecified atom stereocenters. The van der Waals surface area contributed by atoms with Crippen LogP contribution in [0, 0.1) is 11.6 Å². The molecule has 0 fully saturated rings. The van der Waals surface area contributed by atoms with Crippen molar-refractivity contribution in [3.05, 3.63) is 46.6 Å². The van der Waals surface area contributed by atoms with Gasteiger partial charge in [-0.05, 0) is 24.3 Å². The fraction of sp³-hybridized carbons (Fsp3) is 0.0833. The van der Waals surface area contributed by atoms with E-state index in [2.05, 4.69) is 26.2 Å². The molecule has 0 saturated carbocycles. The van der Waals surface area contributed by atoms with Crippen molar-refractivity contribution in [3.8, 4) is 0 Å². The first kappa shape index (κ1) is 15.6. The molecule has 0 saturated heterocycles. The SMILES string of the molecule is CNc1ncccc1S(=O)(=O)Nc1c(F)cc(Br)cc1F. The number of rotatable bonds is 4. The Morgan fingerprint density at radius 1 is 1.24 bits per heavy atom. The van der Waals surface area contributed by atoms with E-state index >= 15 is 0 Å². The topological polar surface area (TPSA) is 71.1 Å². The number of aromatic nitrogens is 1. The summed E-state index contributed by atoms with van der Waals surface area (Å²) in [5.41, 5.74) is -0.746. The number of sulfonamides is 1. The zero-order chi connectivity index (χ0) is 15.6. The first-order chi connectivity index (χ1) is 9.85. The van der Waals surface area contributed by atoms with Crippen molar-refractivity contribution in [1.82, 2.24) is 4.98 Å². The van der Waals surface area contributed by atoms with Gasteiger partial charge in [0.1, 0.15) is 16.4 Å². The van der Waals surface area contributed by atoms with Crippen molar-refractivity contribution in [2.24, 2.45) is 0 Å². The van der Waals surface area contributed by atoms with E-state index in [0.29, 0.717) is 0 Å². The van der Waals surface area contributed by atoms with Gasteiger partial charge in [-0.15, -0.1) is 0 Å². The van der Waals surface area contributed by atoms with Gasteiger partial charge >= 0.3 is 0 Å². The van der Waals surface area contributed by atoms with Gasteiger partial charge < -0.3 is 5.32 Å². The summed E-state index contributed by atoms with van der Waals surface area (Å²) in [6, 6.07) is 4.60. The third-order valence-corrected chi connectivity index (χ3v) is 4.38. The maximum absolute atomic E-state index is 13.7. The Morgan fingerprint density at radius 3 is 2.43 bits per heavy atom. The maximum atomic E-state index is 13.7. The number of pyridine rings is 1. The Bertz CT molecular complexity index is 761. The van der Waals surface area contributed by atoms with Crippen molar-refractivity contribution in [2.45, 2.75) is 4.90 Å². The fourth-order valence-electron chi connectivity index (χ4n) is 1.62. The highest BCUT2D eigenvalue weighted by Gasteiger charge is 2.22. The summed E-state index contributed by atoms with van der Waals surface area (Å²) in [4.78, 5) is 3.63. The molecule has 2 aromatic rings. The Kier molecular flexibility index (Phi) is 4.43. The van der Waals surface area contributed by atoms with E-state index in [-0.39, 0.29) is 15.2 Å². The van der Waals surface area contributed by atoms with E-state index in [9.17, 15) is 17.2 Å². The largest absolute Gasteiger partial charge is 0.372 e. The first-order valence-corrected chi connectivity index (χ1v) is 7.93. The minimum Gasteiger partial charge on any atom is -0.372 e. The van der Waals surface area contributed by atoms with E-state index in [1.807, 2.05) is 4.72 Å². The van der Waals surface area contributed by atoms with Crippen LogP contribution < -0.4 is 10.0 Å². The van der Waals surface area contributed by atoms with E-state index in [0.717, 1.165) is 12.1 Å². The van der Waals surface area contributed by atoms with Crippen LogP contribution in [0.25, 0.3) is 0 Å². The van der Waals surface area contributed by atoms with Gasteiger partial charge in [-0.2, -0.15) is 0 Å². The number of halogens is 3. The molecule has 0 amide bonds. The average molecular weight is 378 g/mol. The number of benzene rings is 1. The van der Waals surface area contributed by atoms with Crippen LogP contribution in [0.5, 0.6) is 0 Å². The summed E-state index contributed by atoms with van der Waals surface area (Å²) >= 11 is 2.92. The highest BCUT2D eigenvalue weighted by Crippen LogP contribution is 2.27. The summed E-state index contributed by atoms with van der Waals surface area (Å²) in [6.45, 7) is 0. The van der Waals surface area contributed by atoms with Crippen molar-refractivity contribution >= 4 is 37.5 Å². The van der Waals surface area contributed by atoms with Crippen LogP contribution in [0.15, 0.2) is 39.8 Å². The lowest BCUT2D eigenvalue weighted by Gasteiger charge is -2.12. The normalized spacial score (nSPS) is 11.2. The number of anilines is 2. The predicted molar refractivity (Wildman–Crippen MR) is 78.7 cm³/mol. The summed E-state index contributed by atoms with van der Waals surface area (Å²) in [7, 11) is -2.70. The van der Waals surface area contributed by atoms with Gasteiger partial charge in [-0.1, -0.05) is 15.9 Å². The molecule has 2 N–H and O–H groups in total. The fourth-order valence-corrected chi connectivity index (χ4v) is 3.27. The highest BCUT2D eigenvalue weighted by molar-refractivity contribution is 9.10. The summed E-state index contributed by atoms with van der Waals surface area (Å²) in [5, 5.41) is 2.60. The molecule has 21 heavy (non-hydrogen) atoms. The molecule has 0 aliphatic rings. The summed E-state index contributed by atoms with van der Waals surface area (Å²) in [5.74, 6) is -1.98. The van der Waals surface area contributed by atoms with Gasteiger partial charge in [-0.3, -0.25) is 4.72 Å².